The largest absolute Gasteiger partial charge is 0.461 e. The van der Waals surface area contributed by atoms with Gasteiger partial charge in [0.1, 0.15) is 26.8 Å². The number of aliphatic imine (C=N–C) groups is 1. The van der Waals surface area contributed by atoms with Crippen LogP contribution in [-0.2, 0) is 23.9 Å². The summed E-state index contributed by atoms with van der Waals surface area (Å²) >= 11 is 7.78. The SMILES string of the molecule is CC(=O)OCC1=C(C(=O)OC(C)(C)C)N2C(=O)C(N=C(Br)Br)[C@H]2SC1. The molecule has 1 unspecified atom stereocenters. The molecule has 7 nitrogen and oxygen atoms in total. The normalized spacial score (nSPS) is 22.8. The van der Waals surface area contributed by atoms with E-state index in [-0.39, 0.29) is 23.6 Å². The molecule has 2 heterocycles. The minimum atomic E-state index is -0.707. The van der Waals surface area contributed by atoms with Crippen LogP contribution >= 0.6 is 43.6 Å². The van der Waals surface area contributed by atoms with E-state index in [4.69, 9.17) is 9.47 Å². The maximum absolute atomic E-state index is 12.7. The number of fused-ring (bicyclic) bond motifs is 1. The van der Waals surface area contributed by atoms with Gasteiger partial charge in [-0.1, -0.05) is 0 Å². The lowest BCUT2D eigenvalue weighted by atomic mass is 10.0. The number of thioether (sulfide) groups is 1. The number of hydrogen-bond acceptors (Lipinski definition) is 7. The monoisotopic (exact) mass is 496 g/mol. The minimum absolute atomic E-state index is 0.0521. The van der Waals surface area contributed by atoms with Crippen molar-refractivity contribution in [3.8, 4) is 0 Å². The van der Waals surface area contributed by atoms with Gasteiger partial charge in [-0.05, 0) is 52.6 Å². The highest BCUT2D eigenvalue weighted by Gasteiger charge is 2.54. The van der Waals surface area contributed by atoms with Crippen LogP contribution in [0.4, 0.5) is 0 Å². The van der Waals surface area contributed by atoms with E-state index in [1.807, 2.05) is 0 Å². The van der Waals surface area contributed by atoms with Crippen LogP contribution in [0.15, 0.2) is 16.3 Å². The molecule has 1 fully saturated rings. The van der Waals surface area contributed by atoms with Crippen LogP contribution in [0.25, 0.3) is 0 Å². The van der Waals surface area contributed by atoms with Gasteiger partial charge in [0.25, 0.3) is 5.91 Å². The highest BCUT2D eigenvalue weighted by Crippen LogP contribution is 2.42. The lowest BCUT2D eigenvalue weighted by Crippen LogP contribution is -2.64. The summed E-state index contributed by atoms with van der Waals surface area (Å²) in [5.41, 5.74) is 0.00241. The van der Waals surface area contributed by atoms with Gasteiger partial charge in [0.15, 0.2) is 6.04 Å². The Labute approximate surface area is 166 Å². The number of hydrogen-bond donors (Lipinski definition) is 0. The van der Waals surface area contributed by atoms with E-state index < -0.39 is 23.6 Å². The summed E-state index contributed by atoms with van der Waals surface area (Å²) in [6.07, 6.45) is 0. The third kappa shape index (κ3) is 4.85. The van der Waals surface area contributed by atoms with Crippen molar-refractivity contribution in [1.29, 1.82) is 0 Å². The van der Waals surface area contributed by atoms with E-state index in [1.165, 1.54) is 23.6 Å². The zero-order valence-corrected chi connectivity index (χ0v) is 18.2. The number of halogens is 2. The molecule has 0 saturated carbocycles. The van der Waals surface area contributed by atoms with Gasteiger partial charge in [-0.3, -0.25) is 19.5 Å². The van der Waals surface area contributed by atoms with Gasteiger partial charge < -0.3 is 9.47 Å². The second-order valence-electron chi connectivity index (χ2n) is 6.46. The number of carbonyl (C=O) groups is 3. The molecular weight excluding hydrogens is 480 g/mol. The van der Waals surface area contributed by atoms with Crippen molar-refractivity contribution in [3.05, 3.63) is 11.3 Å². The van der Waals surface area contributed by atoms with Crippen molar-refractivity contribution in [1.82, 2.24) is 4.90 Å². The Morgan fingerprint density at radius 2 is 2.00 bits per heavy atom. The van der Waals surface area contributed by atoms with Crippen molar-refractivity contribution in [2.45, 2.75) is 44.7 Å². The Kier molecular flexibility index (Phi) is 6.37. The molecule has 0 spiro atoms. The first-order valence-electron chi connectivity index (χ1n) is 7.43. The van der Waals surface area contributed by atoms with Gasteiger partial charge in [0, 0.05) is 18.2 Å². The molecule has 1 saturated heterocycles. The zero-order chi connectivity index (χ0) is 18.9. The molecule has 2 aliphatic rings. The fraction of sp³-hybridized carbons (Fsp3) is 0.600. The Bertz CT molecular complexity index is 667. The van der Waals surface area contributed by atoms with E-state index >= 15 is 0 Å². The molecule has 0 aromatic heterocycles. The van der Waals surface area contributed by atoms with Gasteiger partial charge in [0.2, 0.25) is 0 Å². The predicted molar refractivity (Wildman–Crippen MR) is 102 cm³/mol. The first-order chi connectivity index (χ1) is 11.5. The van der Waals surface area contributed by atoms with Gasteiger partial charge in [-0.25, -0.2) is 4.79 Å². The van der Waals surface area contributed by atoms with Gasteiger partial charge in [-0.2, -0.15) is 0 Å². The smallest absolute Gasteiger partial charge is 0.355 e. The number of esters is 2. The second kappa shape index (κ2) is 7.79. The Hall–Kier alpha value is -0.870. The van der Waals surface area contributed by atoms with Crippen LogP contribution in [0.2, 0.25) is 0 Å². The highest BCUT2D eigenvalue weighted by molar-refractivity contribution is 9.39. The van der Waals surface area contributed by atoms with Crippen LogP contribution in [0.1, 0.15) is 27.7 Å². The first-order valence-corrected chi connectivity index (χ1v) is 10.1. The summed E-state index contributed by atoms with van der Waals surface area (Å²) < 4.78 is 10.9. The Morgan fingerprint density at radius 3 is 2.52 bits per heavy atom. The summed E-state index contributed by atoms with van der Waals surface area (Å²) in [4.78, 5) is 41.9. The predicted octanol–water partition coefficient (Wildman–Crippen LogP) is 2.57. The average Bonchev–Trinajstić information content (AvgIpc) is 2.47. The van der Waals surface area contributed by atoms with E-state index in [9.17, 15) is 14.4 Å². The molecule has 1 amide bonds. The summed E-state index contributed by atoms with van der Waals surface area (Å²) in [5.74, 6) is -0.908. The van der Waals surface area contributed by atoms with Gasteiger partial charge in [0.05, 0.1) is 0 Å². The second-order valence-corrected chi connectivity index (χ2v) is 10.1. The molecule has 25 heavy (non-hydrogen) atoms. The number of nitrogens with zero attached hydrogens (tertiary/aromatic N) is 2. The molecule has 0 aromatic rings. The molecule has 0 radical (unpaired) electrons. The molecule has 0 bridgehead atoms. The number of β-lactam (4-membered cyclic amide) rings is 1. The fourth-order valence-corrected chi connectivity index (χ4v) is 4.12. The fourth-order valence-electron chi connectivity index (χ4n) is 2.37. The third-order valence-corrected chi connectivity index (χ3v) is 5.03. The molecular formula is C15H18Br2N2O5S. The number of rotatable bonds is 4. The highest BCUT2D eigenvalue weighted by atomic mass is 79.9. The van der Waals surface area contributed by atoms with Crippen molar-refractivity contribution in [2.75, 3.05) is 12.4 Å². The summed E-state index contributed by atoms with van der Waals surface area (Å²) in [7, 11) is 0. The van der Waals surface area contributed by atoms with E-state index in [0.29, 0.717) is 14.9 Å². The minimum Gasteiger partial charge on any atom is -0.461 e. The average molecular weight is 498 g/mol. The van der Waals surface area contributed by atoms with E-state index in [1.54, 1.807) is 20.8 Å². The third-order valence-electron chi connectivity index (χ3n) is 3.30. The van der Waals surface area contributed by atoms with Crippen molar-refractivity contribution >= 4 is 65.0 Å². The molecule has 138 valence electrons. The quantitative estimate of drug-likeness (QED) is 0.337. The van der Waals surface area contributed by atoms with Crippen molar-refractivity contribution < 1.29 is 23.9 Å². The topological polar surface area (TPSA) is 85.3 Å². The number of ether oxygens (including phenoxy) is 2. The van der Waals surface area contributed by atoms with Crippen LogP contribution in [0, 0.1) is 0 Å². The van der Waals surface area contributed by atoms with E-state index in [0.717, 1.165) is 0 Å². The lowest BCUT2D eigenvalue weighted by molar-refractivity contribution is -0.158. The standard InChI is InChI=1S/C15H18Br2N2O5S/c1-7(20)23-5-8-6-25-12-9(18-14(16)17)11(21)19(12)10(8)13(22)24-15(2,3)4/h9,12H,5-6H2,1-4H3/t9?,12-/m1/s1. The van der Waals surface area contributed by atoms with Crippen molar-refractivity contribution in [3.63, 3.8) is 0 Å². The van der Waals surface area contributed by atoms with E-state index in [2.05, 4.69) is 36.9 Å². The zero-order valence-electron chi connectivity index (χ0n) is 14.2. The number of carbonyl (C=O) groups excluding carboxylic acids is 3. The molecule has 10 heteroatoms. The Morgan fingerprint density at radius 1 is 1.36 bits per heavy atom. The molecule has 0 aliphatic carbocycles. The number of amides is 1. The van der Waals surface area contributed by atoms with Crippen LogP contribution < -0.4 is 0 Å². The summed E-state index contributed by atoms with van der Waals surface area (Å²) in [5, 5.41) is -0.291. The summed E-state index contributed by atoms with van der Waals surface area (Å²) in [6, 6.07) is -0.577. The molecule has 2 atom stereocenters. The van der Waals surface area contributed by atoms with Crippen molar-refractivity contribution in [2.24, 2.45) is 4.99 Å². The molecule has 0 N–H and O–H groups in total. The molecule has 2 aliphatic heterocycles. The maximum Gasteiger partial charge on any atom is 0.355 e. The maximum atomic E-state index is 12.7. The Balaban J connectivity index is 2.33. The van der Waals surface area contributed by atoms with Crippen LogP contribution in [0.5, 0.6) is 0 Å². The lowest BCUT2D eigenvalue weighted by Gasteiger charge is -2.48. The van der Waals surface area contributed by atoms with Gasteiger partial charge in [-0.15, -0.1) is 11.8 Å². The molecule has 0 aromatic carbocycles. The first kappa shape index (κ1) is 20.4. The van der Waals surface area contributed by atoms with Gasteiger partial charge >= 0.3 is 11.9 Å². The molecule has 2 rings (SSSR count). The summed E-state index contributed by atoms with van der Waals surface area (Å²) in [6.45, 7) is 6.49. The van der Waals surface area contributed by atoms with Crippen LogP contribution in [-0.4, -0.2) is 55.7 Å². The van der Waals surface area contributed by atoms with Crippen LogP contribution in [0.3, 0.4) is 0 Å².